The molecule has 0 heterocycles. The molecule has 40 valence electrons. The maximum Gasteiger partial charge on any atom is 0.0106 e. The maximum atomic E-state index is 5.22. The standard InChI is InChI=1S/C6H11N/c7-5-1-2-6-3-4-6/h1-2,6H,3-5,7H2. The third-order valence-corrected chi connectivity index (χ3v) is 1.17. The summed E-state index contributed by atoms with van der Waals surface area (Å²) >= 11 is 0. The zero-order valence-electron chi connectivity index (χ0n) is 4.43. The molecule has 0 radical (unpaired) electrons. The Hall–Kier alpha value is -0.300. The van der Waals surface area contributed by atoms with Gasteiger partial charge in [-0.2, -0.15) is 0 Å². The summed E-state index contributed by atoms with van der Waals surface area (Å²) < 4.78 is 0. The van der Waals surface area contributed by atoms with Gasteiger partial charge in [-0.05, 0) is 18.8 Å². The summed E-state index contributed by atoms with van der Waals surface area (Å²) in [4.78, 5) is 0. The maximum absolute atomic E-state index is 5.22. The molecule has 7 heavy (non-hydrogen) atoms. The first-order chi connectivity index (χ1) is 3.43. The normalized spacial score (nSPS) is 21.3. The minimum absolute atomic E-state index is 0.705. The van der Waals surface area contributed by atoms with Gasteiger partial charge in [-0.1, -0.05) is 12.2 Å². The van der Waals surface area contributed by atoms with Crippen molar-refractivity contribution in [2.45, 2.75) is 12.8 Å². The summed E-state index contributed by atoms with van der Waals surface area (Å²) in [6.07, 6.45) is 7.02. The molecule has 2 N–H and O–H groups in total. The van der Waals surface area contributed by atoms with E-state index < -0.39 is 0 Å². The van der Waals surface area contributed by atoms with Crippen LogP contribution in [0.3, 0.4) is 0 Å². The van der Waals surface area contributed by atoms with Gasteiger partial charge in [0.25, 0.3) is 0 Å². The van der Waals surface area contributed by atoms with Crippen LogP contribution < -0.4 is 5.73 Å². The highest BCUT2D eigenvalue weighted by Crippen LogP contribution is 2.29. The Bertz CT molecular complexity index is 72.2. The molecule has 0 bridgehead atoms. The fraction of sp³-hybridized carbons (Fsp3) is 0.667. The van der Waals surface area contributed by atoms with Crippen LogP contribution in [-0.2, 0) is 0 Å². The monoisotopic (exact) mass is 97.1 g/mol. The molecular formula is C6H11N. The highest BCUT2D eigenvalue weighted by Gasteiger charge is 2.16. The first-order valence-electron chi connectivity index (χ1n) is 2.80. The average Bonchev–Trinajstić information content (AvgIpc) is 2.42. The van der Waals surface area contributed by atoms with E-state index >= 15 is 0 Å². The molecule has 1 heteroatoms. The fourth-order valence-electron chi connectivity index (χ4n) is 0.560. The van der Waals surface area contributed by atoms with E-state index in [9.17, 15) is 0 Å². The number of hydrogen-bond acceptors (Lipinski definition) is 1. The van der Waals surface area contributed by atoms with E-state index in [1.165, 1.54) is 12.8 Å². The van der Waals surface area contributed by atoms with Crippen molar-refractivity contribution in [3.63, 3.8) is 0 Å². The molecule has 1 rings (SSSR count). The van der Waals surface area contributed by atoms with Crippen molar-refractivity contribution in [1.82, 2.24) is 0 Å². The first kappa shape index (κ1) is 4.85. The largest absolute Gasteiger partial charge is 0.327 e. The van der Waals surface area contributed by atoms with Crippen molar-refractivity contribution < 1.29 is 0 Å². The van der Waals surface area contributed by atoms with Crippen LogP contribution in [0, 0.1) is 5.92 Å². The van der Waals surface area contributed by atoms with Gasteiger partial charge in [-0.25, -0.2) is 0 Å². The second-order valence-electron chi connectivity index (χ2n) is 2.00. The lowest BCUT2D eigenvalue weighted by Crippen LogP contribution is -1.91. The Morgan fingerprint density at radius 3 is 2.71 bits per heavy atom. The van der Waals surface area contributed by atoms with Gasteiger partial charge in [-0.3, -0.25) is 0 Å². The van der Waals surface area contributed by atoms with Crippen LogP contribution >= 0.6 is 0 Å². The Kier molecular flexibility index (Phi) is 1.47. The number of rotatable bonds is 2. The summed E-state index contributed by atoms with van der Waals surface area (Å²) in [6, 6.07) is 0. The highest BCUT2D eigenvalue weighted by atomic mass is 14.5. The van der Waals surface area contributed by atoms with Gasteiger partial charge < -0.3 is 5.73 Å². The smallest absolute Gasteiger partial charge is 0.0106 e. The van der Waals surface area contributed by atoms with Crippen molar-refractivity contribution in [1.29, 1.82) is 0 Å². The lowest BCUT2D eigenvalue weighted by Gasteiger charge is -1.76. The summed E-state index contributed by atoms with van der Waals surface area (Å²) in [5.41, 5.74) is 5.22. The van der Waals surface area contributed by atoms with Crippen LogP contribution in [0.4, 0.5) is 0 Å². The van der Waals surface area contributed by atoms with Crippen molar-refractivity contribution in [3.8, 4) is 0 Å². The van der Waals surface area contributed by atoms with Gasteiger partial charge in [0.1, 0.15) is 0 Å². The molecule has 0 spiro atoms. The van der Waals surface area contributed by atoms with E-state index in [1.807, 2.05) is 6.08 Å². The van der Waals surface area contributed by atoms with Crippen LogP contribution in [0.25, 0.3) is 0 Å². The Morgan fingerprint density at radius 1 is 1.57 bits per heavy atom. The van der Waals surface area contributed by atoms with E-state index in [1.54, 1.807) is 0 Å². The first-order valence-corrected chi connectivity index (χ1v) is 2.80. The summed E-state index contributed by atoms with van der Waals surface area (Å²) in [7, 11) is 0. The van der Waals surface area contributed by atoms with Gasteiger partial charge >= 0.3 is 0 Å². The van der Waals surface area contributed by atoms with Crippen molar-refractivity contribution in [2.75, 3.05) is 6.54 Å². The van der Waals surface area contributed by atoms with Crippen molar-refractivity contribution in [2.24, 2.45) is 11.7 Å². The van der Waals surface area contributed by atoms with E-state index in [4.69, 9.17) is 5.73 Å². The van der Waals surface area contributed by atoms with Crippen LogP contribution in [-0.4, -0.2) is 6.54 Å². The Labute approximate surface area is 44.2 Å². The van der Waals surface area contributed by atoms with Crippen LogP contribution in [0.2, 0.25) is 0 Å². The number of allylic oxidation sites excluding steroid dienone is 1. The fourth-order valence-corrected chi connectivity index (χ4v) is 0.560. The third-order valence-electron chi connectivity index (χ3n) is 1.17. The predicted octanol–water partition coefficient (Wildman–Crippen LogP) is 0.911. The van der Waals surface area contributed by atoms with Gasteiger partial charge in [-0.15, -0.1) is 0 Å². The van der Waals surface area contributed by atoms with Crippen LogP contribution in [0.5, 0.6) is 0 Å². The lowest BCUT2D eigenvalue weighted by molar-refractivity contribution is 1.10. The number of hydrogen-bond donors (Lipinski definition) is 1. The van der Waals surface area contributed by atoms with E-state index in [2.05, 4.69) is 6.08 Å². The molecule has 0 unspecified atom stereocenters. The topological polar surface area (TPSA) is 26.0 Å². The molecule has 1 nitrogen and oxygen atoms in total. The molecule has 1 fully saturated rings. The molecule has 0 atom stereocenters. The zero-order valence-corrected chi connectivity index (χ0v) is 4.43. The van der Waals surface area contributed by atoms with Crippen molar-refractivity contribution in [3.05, 3.63) is 12.2 Å². The minimum Gasteiger partial charge on any atom is -0.327 e. The van der Waals surface area contributed by atoms with Crippen molar-refractivity contribution >= 4 is 0 Å². The second kappa shape index (κ2) is 2.12. The quantitative estimate of drug-likeness (QED) is 0.509. The van der Waals surface area contributed by atoms with Gasteiger partial charge in [0.15, 0.2) is 0 Å². The lowest BCUT2D eigenvalue weighted by atomic mass is 10.4. The molecule has 0 aromatic rings. The minimum atomic E-state index is 0.705. The summed E-state index contributed by atoms with van der Waals surface area (Å²) in [6.45, 7) is 0.705. The molecule has 0 aliphatic heterocycles. The Morgan fingerprint density at radius 2 is 2.29 bits per heavy atom. The van der Waals surface area contributed by atoms with Gasteiger partial charge in [0.05, 0.1) is 0 Å². The third kappa shape index (κ3) is 1.74. The number of nitrogens with two attached hydrogens (primary N) is 1. The summed E-state index contributed by atoms with van der Waals surface area (Å²) in [5, 5.41) is 0. The van der Waals surface area contributed by atoms with Gasteiger partial charge in [0.2, 0.25) is 0 Å². The highest BCUT2D eigenvalue weighted by molar-refractivity contribution is 4.95. The molecule has 1 saturated carbocycles. The van der Waals surface area contributed by atoms with Crippen LogP contribution in [0.15, 0.2) is 12.2 Å². The van der Waals surface area contributed by atoms with E-state index in [0.29, 0.717) is 6.54 Å². The predicted molar refractivity (Wildman–Crippen MR) is 30.9 cm³/mol. The van der Waals surface area contributed by atoms with Crippen LogP contribution in [0.1, 0.15) is 12.8 Å². The molecule has 0 amide bonds. The molecule has 0 saturated heterocycles. The molecule has 1 aliphatic rings. The average molecular weight is 97.2 g/mol. The molecule has 1 aliphatic carbocycles. The summed E-state index contributed by atoms with van der Waals surface area (Å²) in [5.74, 6) is 0.892. The van der Waals surface area contributed by atoms with E-state index in [0.717, 1.165) is 5.92 Å². The molecular weight excluding hydrogens is 86.1 g/mol. The molecule has 0 aromatic carbocycles. The Balaban J connectivity index is 2.05. The molecule has 0 aromatic heterocycles. The second-order valence-corrected chi connectivity index (χ2v) is 2.00. The SMILES string of the molecule is NCC=CC1CC1. The van der Waals surface area contributed by atoms with E-state index in [-0.39, 0.29) is 0 Å². The van der Waals surface area contributed by atoms with Gasteiger partial charge in [0, 0.05) is 6.54 Å². The zero-order chi connectivity index (χ0) is 5.11.